The van der Waals surface area contributed by atoms with Crippen LogP contribution in [-0.4, -0.2) is 29.2 Å². The quantitative estimate of drug-likeness (QED) is 0.468. The summed E-state index contributed by atoms with van der Waals surface area (Å²) < 4.78 is 5.06. The lowest BCUT2D eigenvalue weighted by molar-refractivity contribution is 0.328. The van der Waals surface area contributed by atoms with Crippen LogP contribution >= 0.6 is 24.0 Å². The SMILES string of the molecule is CN=C(NCc1nc(C)no1)NC1CCC(C)CC1.I. The first kappa shape index (κ1) is 17.2. The minimum absolute atomic E-state index is 0. The molecule has 6 nitrogen and oxygen atoms in total. The summed E-state index contributed by atoms with van der Waals surface area (Å²) >= 11 is 0. The molecule has 1 aromatic heterocycles. The fraction of sp³-hybridized carbons (Fsp3) is 0.769. The maximum Gasteiger partial charge on any atom is 0.246 e. The molecule has 0 spiro atoms. The van der Waals surface area contributed by atoms with Crippen molar-refractivity contribution in [2.75, 3.05) is 7.05 Å². The highest BCUT2D eigenvalue weighted by molar-refractivity contribution is 14.0. The van der Waals surface area contributed by atoms with Crippen molar-refractivity contribution in [2.45, 2.75) is 52.1 Å². The van der Waals surface area contributed by atoms with E-state index in [1.165, 1.54) is 25.7 Å². The molecule has 114 valence electrons. The fourth-order valence-corrected chi connectivity index (χ4v) is 2.36. The van der Waals surface area contributed by atoms with Gasteiger partial charge in [-0.1, -0.05) is 12.1 Å². The zero-order valence-corrected chi connectivity index (χ0v) is 14.7. The summed E-state index contributed by atoms with van der Waals surface area (Å²) in [4.78, 5) is 8.38. The zero-order chi connectivity index (χ0) is 13.7. The molecule has 0 aliphatic heterocycles. The molecule has 2 rings (SSSR count). The largest absolute Gasteiger partial charge is 0.354 e. The van der Waals surface area contributed by atoms with E-state index in [0.717, 1.165) is 11.9 Å². The molecular formula is C13H24IN5O. The molecule has 0 unspecified atom stereocenters. The minimum Gasteiger partial charge on any atom is -0.354 e. The summed E-state index contributed by atoms with van der Waals surface area (Å²) in [5.74, 6) is 2.89. The van der Waals surface area contributed by atoms with E-state index in [-0.39, 0.29) is 24.0 Å². The molecule has 0 saturated heterocycles. The first-order chi connectivity index (χ1) is 9.17. The van der Waals surface area contributed by atoms with Crippen LogP contribution in [0.2, 0.25) is 0 Å². The van der Waals surface area contributed by atoms with Crippen LogP contribution < -0.4 is 10.6 Å². The second-order valence-corrected chi connectivity index (χ2v) is 5.26. The number of hydrogen-bond donors (Lipinski definition) is 2. The number of aliphatic imine (C=N–C) groups is 1. The Morgan fingerprint density at radius 2 is 2.05 bits per heavy atom. The van der Waals surface area contributed by atoms with E-state index in [9.17, 15) is 0 Å². The summed E-state index contributed by atoms with van der Waals surface area (Å²) in [6.45, 7) is 4.63. The van der Waals surface area contributed by atoms with Gasteiger partial charge in [0, 0.05) is 13.1 Å². The van der Waals surface area contributed by atoms with Gasteiger partial charge in [0.15, 0.2) is 11.8 Å². The Labute approximate surface area is 137 Å². The van der Waals surface area contributed by atoms with Gasteiger partial charge in [-0.25, -0.2) is 0 Å². The van der Waals surface area contributed by atoms with Crippen molar-refractivity contribution < 1.29 is 4.52 Å². The number of guanidine groups is 1. The van der Waals surface area contributed by atoms with Gasteiger partial charge in [0.2, 0.25) is 5.89 Å². The van der Waals surface area contributed by atoms with Crippen molar-refractivity contribution in [3.05, 3.63) is 11.7 Å². The Balaban J connectivity index is 0.00000200. The van der Waals surface area contributed by atoms with Gasteiger partial charge in [0.25, 0.3) is 0 Å². The number of aryl methyl sites for hydroxylation is 1. The molecule has 0 radical (unpaired) electrons. The van der Waals surface area contributed by atoms with Gasteiger partial charge in [-0.2, -0.15) is 4.98 Å². The van der Waals surface area contributed by atoms with Crippen LogP contribution in [0.15, 0.2) is 9.52 Å². The molecule has 7 heteroatoms. The molecule has 1 heterocycles. The van der Waals surface area contributed by atoms with Crippen LogP contribution in [-0.2, 0) is 6.54 Å². The van der Waals surface area contributed by atoms with E-state index < -0.39 is 0 Å². The molecule has 1 aliphatic carbocycles. The normalized spacial score (nSPS) is 23.1. The van der Waals surface area contributed by atoms with Gasteiger partial charge in [-0.05, 0) is 38.5 Å². The summed E-state index contributed by atoms with van der Waals surface area (Å²) in [7, 11) is 1.78. The van der Waals surface area contributed by atoms with Crippen molar-refractivity contribution in [1.29, 1.82) is 0 Å². The third-order valence-electron chi connectivity index (χ3n) is 3.56. The maximum absolute atomic E-state index is 5.06. The van der Waals surface area contributed by atoms with Crippen LogP contribution in [0.4, 0.5) is 0 Å². The summed E-state index contributed by atoms with van der Waals surface area (Å²) in [6, 6.07) is 0.520. The molecule has 1 aromatic rings. The topological polar surface area (TPSA) is 75.3 Å². The lowest BCUT2D eigenvalue weighted by atomic mass is 9.87. The predicted octanol–water partition coefficient (Wildman–Crippen LogP) is 2.24. The summed E-state index contributed by atoms with van der Waals surface area (Å²) in [6.07, 6.45) is 5.00. The van der Waals surface area contributed by atoms with Gasteiger partial charge in [0.1, 0.15) is 0 Å². The predicted molar refractivity (Wildman–Crippen MR) is 89.2 cm³/mol. The van der Waals surface area contributed by atoms with E-state index in [1.54, 1.807) is 7.05 Å². The Kier molecular flexibility index (Phi) is 7.25. The van der Waals surface area contributed by atoms with E-state index in [1.807, 2.05) is 6.92 Å². The average molecular weight is 393 g/mol. The van der Waals surface area contributed by atoms with Crippen LogP contribution in [0.1, 0.15) is 44.3 Å². The van der Waals surface area contributed by atoms with Crippen molar-refractivity contribution in [3.63, 3.8) is 0 Å². The Morgan fingerprint density at radius 3 is 2.60 bits per heavy atom. The molecule has 0 atom stereocenters. The van der Waals surface area contributed by atoms with Gasteiger partial charge >= 0.3 is 0 Å². The smallest absolute Gasteiger partial charge is 0.246 e. The third kappa shape index (κ3) is 5.26. The van der Waals surface area contributed by atoms with Crippen molar-refractivity contribution >= 4 is 29.9 Å². The first-order valence-electron chi connectivity index (χ1n) is 6.93. The molecule has 0 aromatic carbocycles. The van der Waals surface area contributed by atoms with Gasteiger partial charge in [0.05, 0.1) is 6.54 Å². The van der Waals surface area contributed by atoms with Crippen LogP contribution in [0.25, 0.3) is 0 Å². The molecule has 1 fully saturated rings. The first-order valence-corrected chi connectivity index (χ1v) is 6.93. The lowest BCUT2D eigenvalue weighted by Crippen LogP contribution is -2.44. The van der Waals surface area contributed by atoms with Crippen LogP contribution in [0.5, 0.6) is 0 Å². The molecule has 1 saturated carbocycles. The third-order valence-corrected chi connectivity index (χ3v) is 3.56. The number of nitrogens with one attached hydrogen (secondary N) is 2. The molecule has 20 heavy (non-hydrogen) atoms. The Bertz CT molecular complexity index is 426. The standard InChI is InChI=1S/C13H23N5O.HI/c1-9-4-6-11(7-5-9)17-13(14-3)15-8-12-16-10(2)18-19-12;/h9,11H,4-8H2,1-3H3,(H2,14,15,17);1H. The number of hydrogen-bond acceptors (Lipinski definition) is 4. The van der Waals surface area contributed by atoms with Crippen LogP contribution in [0.3, 0.4) is 0 Å². The fourth-order valence-electron chi connectivity index (χ4n) is 2.36. The lowest BCUT2D eigenvalue weighted by Gasteiger charge is -2.28. The minimum atomic E-state index is 0. The number of rotatable bonds is 3. The molecule has 2 N–H and O–H groups in total. The Hall–Kier alpha value is -0.860. The molecular weight excluding hydrogens is 369 g/mol. The van der Waals surface area contributed by atoms with E-state index in [4.69, 9.17) is 4.52 Å². The van der Waals surface area contributed by atoms with Gasteiger partial charge in [-0.3, -0.25) is 4.99 Å². The highest BCUT2D eigenvalue weighted by Gasteiger charge is 2.18. The van der Waals surface area contributed by atoms with E-state index in [0.29, 0.717) is 24.3 Å². The van der Waals surface area contributed by atoms with E-state index in [2.05, 4.69) is 32.7 Å². The number of halogens is 1. The molecule has 1 aliphatic rings. The average Bonchev–Trinajstić information content (AvgIpc) is 2.82. The second-order valence-electron chi connectivity index (χ2n) is 5.26. The molecule has 0 amide bonds. The highest BCUT2D eigenvalue weighted by Crippen LogP contribution is 2.23. The maximum atomic E-state index is 5.06. The van der Waals surface area contributed by atoms with E-state index >= 15 is 0 Å². The van der Waals surface area contributed by atoms with Crippen molar-refractivity contribution in [1.82, 2.24) is 20.8 Å². The second kappa shape index (κ2) is 8.43. The summed E-state index contributed by atoms with van der Waals surface area (Å²) in [5.41, 5.74) is 0. The van der Waals surface area contributed by atoms with Crippen molar-refractivity contribution in [2.24, 2.45) is 10.9 Å². The highest BCUT2D eigenvalue weighted by atomic mass is 127. The number of nitrogens with zero attached hydrogens (tertiary/aromatic N) is 3. The zero-order valence-electron chi connectivity index (χ0n) is 12.3. The van der Waals surface area contributed by atoms with Crippen molar-refractivity contribution in [3.8, 4) is 0 Å². The van der Waals surface area contributed by atoms with Crippen LogP contribution in [0, 0.1) is 12.8 Å². The van der Waals surface area contributed by atoms with Gasteiger partial charge < -0.3 is 15.2 Å². The number of aromatic nitrogens is 2. The Morgan fingerprint density at radius 1 is 1.35 bits per heavy atom. The molecule has 0 bridgehead atoms. The monoisotopic (exact) mass is 393 g/mol. The summed E-state index contributed by atoms with van der Waals surface area (Å²) in [5, 5.41) is 10.4. The van der Waals surface area contributed by atoms with Gasteiger partial charge in [-0.15, -0.1) is 24.0 Å².